The third kappa shape index (κ3) is 8.88. The Hall–Kier alpha value is -2.79. The lowest BCUT2D eigenvalue weighted by Crippen LogP contribution is -2.52. The van der Waals surface area contributed by atoms with Gasteiger partial charge >= 0.3 is 0 Å². The molecule has 0 aromatic heterocycles. The van der Waals surface area contributed by atoms with Crippen LogP contribution in [-0.2, 0) is 26.2 Å². The molecule has 3 rings (SSSR count). The lowest BCUT2D eigenvalue weighted by atomic mass is 10.1. The Balaban J connectivity index is 2.07. The third-order valence-corrected chi connectivity index (χ3v) is 9.99. The molecule has 0 spiro atoms. The Morgan fingerprint density at radius 2 is 1.70 bits per heavy atom. The summed E-state index contributed by atoms with van der Waals surface area (Å²) >= 11 is 15.7. The van der Waals surface area contributed by atoms with Crippen molar-refractivity contribution in [1.29, 1.82) is 0 Å². The van der Waals surface area contributed by atoms with E-state index in [0.717, 1.165) is 22.7 Å². The van der Waals surface area contributed by atoms with Gasteiger partial charge in [0.05, 0.1) is 32.2 Å². The Labute approximate surface area is 272 Å². The highest BCUT2D eigenvalue weighted by atomic mass is 79.9. The molecule has 0 fully saturated rings. The van der Waals surface area contributed by atoms with Crippen LogP contribution in [-0.4, -0.2) is 51.4 Å². The van der Waals surface area contributed by atoms with Crippen molar-refractivity contribution in [2.75, 3.05) is 24.5 Å². The van der Waals surface area contributed by atoms with Crippen molar-refractivity contribution in [2.24, 2.45) is 0 Å². The SMILES string of the molecule is CCCCNC(=O)[C@H](CC)N(Cc1ccc(Cl)c(Cl)c1)C(=O)CN(c1ccc(C)cc1)S(=O)(=O)c1ccc(OC)c(Br)c1. The van der Waals surface area contributed by atoms with Crippen LogP contribution < -0.4 is 14.4 Å². The number of ether oxygens (including phenoxy) is 1. The van der Waals surface area contributed by atoms with Gasteiger partial charge in [-0.05, 0) is 83.7 Å². The smallest absolute Gasteiger partial charge is 0.264 e. The minimum absolute atomic E-state index is 0.0191. The molecule has 232 valence electrons. The van der Waals surface area contributed by atoms with E-state index in [1.54, 1.807) is 42.5 Å². The number of aryl methyl sites for hydroxylation is 1. The zero-order valence-corrected chi connectivity index (χ0v) is 28.5. The van der Waals surface area contributed by atoms with Gasteiger partial charge in [-0.2, -0.15) is 0 Å². The van der Waals surface area contributed by atoms with Crippen molar-refractivity contribution < 1.29 is 22.7 Å². The van der Waals surface area contributed by atoms with Gasteiger partial charge < -0.3 is 15.0 Å². The van der Waals surface area contributed by atoms with Gasteiger partial charge in [-0.25, -0.2) is 8.42 Å². The summed E-state index contributed by atoms with van der Waals surface area (Å²) in [6, 6.07) is 15.4. The number of carbonyl (C=O) groups is 2. The third-order valence-electron chi connectivity index (χ3n) is 6.86. The first-order chi connectivity index (χ1) is 20.4. The highest BCUT2D eigenvalue weighted by molar-refractivity contribution is 9.10. The van der Waals surface area contributed by atoms with Crippen LogP contribution in [0.5, 0.6) is 5.75 Å². The van der Waals surface area contributed by atoms with Gasteiger partial charge in [0.25, 0.3) is 10.0 Å². The largest absolute Gasteiger partial charge is 0.496 e. The van der Waals surface area contributed by atoms with Gasteiger partial charge in [0.2, 0.25) is 11.8 Å². The zero-order chi connectivity index (χ0) is 31.7. The lowest BCUT2D eigenvalue weighted by Gasteiger charge is -2.33. The molecule has 0 bridgehead atoms. The number of benzene rings is 3. The number of nitrogens with one attached hydrogen (secondary N) is 1. The number of hydrogen-bond acceptors (Lipinski definition) is 5. The fourth-order valence-electron chi connectivity index (χ4n) is 4.43. The van der Waals surface area contributed by atoms with Gasteiger partial charge in [-0.1, -0.05) is 67.2 Å². The summed E-state index contributed by atoms with van der Waals surface area (Å²) in [6.45, 7) is 5.65. The highest BCUT2D eigenvalue weighted by Gasteiger charge is 2.34. The van der Waals surface area contributed by atoms with E-state index in [2.05, 4.69) is 21.2 Å². The summed E-state index contributed by atoms with van der Waals surface area (Å²) in [4.78, 5) is 28.9. The molecule has 3 aromatic rings. The molecular formula is C31H36BrCl2N3O5S. The van der Waals surface area contributed by atoms with E-state index in [9.17, 15) is 18.0 Å². The van der Waals surface area contributed by atoms with Crippen LogP contribution >= 0.6 is 39.1 Å². The number of anilines is 1. The molecule has 0 aliphatic heterocycles. The number of methoxy groups -OCH3 is 1. The number of hydrogen-bond donors (Lipinski definition) is 1. The maximum absolute atomic E-state index is 14.2. The van der Waals surface area contributed by atoms with Crippen molar-refractivity contribution in [1.82, 2.24) is 10.2 Å². The molecule has 2 amide bonds. The molecular weight excluding hydrogens is 677 g/mol. The van der Waals surface area contributed by atoms with Crippen LogP contribution in [0.2, 0.25) is 10.0 Å². The maximum atomic E-state index is 14.2. The number of halogens is 3. The average Bonchev–Trinajstić information content (AvgIpc) is 2.98. The molecule has 0 unspecified atom stereocenters. The van der Waals surface area contributed by atoms with E-state index in [1.807, 2.05) is 20.8 Å². The number of rotatable bonds is 14. The Kier molecular flexibility index (Phi) is 12.7. The Bertz CT molecular complexity index is 1540. The molecule has 0 aliphatic carbocycles. The fraction of sp³-hybridized carbons (Fsp3) is 0.355. The van der Waals surface area contributed by atoms with E-state index in [0.29, 0.717) is 44.5 Å². The molecule has 0 radical (unpaired) electrons. The molecule has 8 nitrogen and oxygen atoms in total. The predicted octanol–water partition coefficient (Wildman–Crippen LogP) is 6.99. The van der Waals surface area contributed by atoms with Crippen molar-refractivity contribution in [3.63, 3.8) is 0 Å². The van der Waals surface area contributed by atoms with E-state index in [-0.39, 0.29) is 17.3 Å². The van der Waals surface area contributed by atoms with Crippen molar-refractivity contribution in [3.8, 4) is 5.75 Å². The van der Waals surface area contributed by atoms with E-state index >= 15 is 0 Å². The summed E-state index contributed by atoms with van der Waals surface area (Å²) in [6.07, 6.45) is 2.00. The molecule has 1 N–H and O–H groups in total. The topological polar surface area (TPSA) is 96.0 Å². The minimum Gasteiger partial charge on any atom is -0.496 e. The molecule has 0 saturated heterocycles. The standard InChI is InChI=1S/C31H36BrCl2N3O5S/c1-5-7-16-35-31(39)28(6-2)36(19-22-10-14-26(33)27(34)17-22)30(38)20-37(23-11-8-21(3)9-12-23)43(40,41)24-13-15-29(42-4)25(32)18-24/h8-15,17-18,28H,5-7,16,19-20H2,1-4H3,(H,35,39)/t28-/m0/s1. The van der Waals surface area contributed by atoms with Gasteiger partial charge in [0.15, 0.2) is 0 Å². The zero-order valence-electron chi connectivity index (χ0n) is 24.6. The second kappa shape index (κ2) is 15.8. The summed E-state index contributed by atoms with van der Waals surface area (Å²) in [5.74, 6) is -0.405. The molecule has 12 heteroatoms. The number of carbonyl (C=O) groups excluding carboxylic acids is 2. The molecule has 0 heterocycles. The van der Waals surface area contributed by atoms with Crippen LogP contribution in [0.15, 0.2) is 70.0 Å². The van der Waals surface area contributed by atoms with Crippen molar-refractivity contribution in [3.05, 3.63) is 86.3 Å². The summed E-state index contributed by atoms with van der Waals surface area (Å²) in [5, 5.41) is 3.57. The summed E-state index contributed by atoms with van der Waals surface area (Å²) < 4.78 is 35.0. The van der Waals surface area contributed by atoms with Crippen molar-refractivity contribution in [2.45, 2.75) is 57.5 Å². The van der Waals surface area contributed by atoms with Crippen LogP contribution in [0.25, 0.3) is 0 Å². The quantitative estimate of drug-likeness (QED) is 0.182. The second-order valence-corrected chi connectivity index (χ2v) is 13.5. The summed E-state index contributed by atoms with van der Waals surface area (Å²) in [5.41, 5.74) is 1.88. The average molecular weight is 714 g/mol. The van der Waals surface area contributed by atoms with Gasteiger partial charge in [0, 0.05) is 13.1 Å². The first-order valence-corrected chi connectivity index (χ1v) is 16.9. The summed E-state index contributed by atoms with van der Waals surface area (Å²) in [7, 11) is -2.75. The number of amides is 2. The van der Waals surface area contributed by atoms with E-state index in [1.165, 1.54) is 30.2 Å². The monoisotopic (exact) mass is 711 g/mol. The first kappa shape index (κ1) is 34.7. The van der Waals surface area contributed by atoms with Crippen LogP contribution in [0.4, 0.5) is 5.69 Å². The second-order valence-electron chi connectivity index (χ2n) is 9.98. The van der Waals surface area contributed by atoms with E-state index < -0.39 is 28.5 Å². The van der Waals surface area contributed by atoms with Gasteiger partial charge in [-0.15, -0.1) is 0 Å². The first-order valence-electron chi connectivity index (χ1n) is 13.9. The van der Waals surface area contributed by atoms with Gasteiger partial charge in [0.1, 0.15) is 18.3 Å². The lowest BCUT2D eigenvalue weighted by molar-refractivity contribution is -0.140. The van der Waals surface area contributed by atoms with E-state index in [4.69, 9.17) is 27.9 Å². The molecule has 3 aromatic carbocycles. The molecule has 0 aliphatic rings. The fourth-order valence-corrected chi connectivity index (χ4v) is 6.89. The maximum Gasteiger partial charge on any atom is 0.264 e. The molecule has 43 heavy (non-hydrogen) atoms. The molecule has 1 atom stereocenters. The number of sulfonamides is 1. The Morgan fingerprint density at radius 1 is 1.00 bits per heavy atom. The van der Waals surface area contributed by atoms with Gasteiger partial charge in [-0.3, -0.25) is 13.9 Å². The number of nitrogens with zero attached hydrogens (tertiary/aromatic N) is 2. The van der Waals surface area contributed by atoms with Crippen LogP contribution in [0.1, 0.15) is 44.2 Å². The number of unbranched alkanes of at least 4 members (excludes halogenated alkanes) is 1. The van der Waals surface area contributed by atoms with Crippen molar-refractivity contribution >= 4 is 66.7 Å². The normalized spacial score (nSPS) is 12.0. The predicted molar refractivity (Wildman–Crippen MR) is 175 cm³/mol. The molecule has 0 saturated carbocycles. The Morgan fingerprint density at radius 3 is 2.28 bits per heavy atom. The van der Waals surface area contributed by atoms with Crippen LogP contribution in [0.3, 0.4) is 0 Å². The van der Waals surface area contributed by atoms with Crippen LogP contribution in [0, 0.1) is 6.92 Å². The highest BCUT2D eigenvalue weighted by Crippen LogP contribution is 2.31. The minimum atomic E-state index is -4.24.